The van der Waals surface area contributed by atoms with E-state index in [2.05, 4.69) is 103 Å². The summed E-state index contributed by atoms with van der Waals surface area (Å²) >= 11 is 0. The maximum Gasteiger partial charge on any atom is 0.220 e. The highest BCUT2D eigenvalue weighted by atomic mass is 14.9. The van der Waals surface area contributed by atoms with E-state index in [1.165, 1.54) is 44.4 Å². The Bertz CT molecular complexity index is 972. The van der Waals surface area contributed by atoms with Crippen molar-refractivity contribution in [3.05, 3.63) is 64.8 Å². The van der Waals surface area contributed by atoms with Crippen LogP contribution in [0.15, 0.2) is 42.5 Å². The molecular weight excluding hydrogens is 314 g/mol. The zero-order valence-corrected chi connectivity index (χ0v) is 17.6. The number of aromatic nitrogens is 1. The molecule has 1 heterocycles. The van der Waals surface area contributed by atoms with Crippen LogP contribution in [0.4, 0.5) is 0 Å². The largest absolute Gasteiger partial charge is 0.220 e. The molecule has 26 heavy (non-hydrogen) atoms. The number of aryl methyl sites for hydroxylation is 2. The molecule has 0 saturated carbocycles. The van der Waals surface area contributed by atoms with E-state index in [0.29, 0.717) is 5.92 Å². The van der Waals surface area contributed by atoms with Crippen LogP contribution in [0.1, 0.15) is 62.9 Å². The smallest absolute Gasteiger partial charge is 0.198 e. The predicted molar refractivity (Wildman–Crippen MR) is 113 cm³/mol. The van der Waals surface area contributed by atoms with Crippen molar-refractivity contribution in [2.45, 2.75) is 59.8 Å². The molecule has 0 radical (unpaired) electrons. The molecule has 3 aromatic rings. The first-order valence-corrected chi connectivity index (χ1v) is 9.64. The highest BCUT2D eigenvalue weighted by Crippen LogP contribution is 2.33. The number of rotatable bonds is 2. The molecule has 0 amide bonds. The molecule has 0 saturated heterocycles. The van der Waals surface area contributed by atoms with Crippen molar-refractivity contribution in [1.82, 2.24) is 0 Å². The van der Waals surface area contributed by atoms with Crippen LogP contribution in [0.3, 0.4) is 0 Å². The van der Waals surface area contributed by atoms with E-state index in [-0.39, 0.29) is 5.41 Å². The summed E-state index contributed by atoms with van der Waals surface area (Å²) in [5.74, 6) is 0.531. The van der Waals surface area contributed by atoms with E-state index in [9.17, 15) is 0 Å². The SMILES string of the molecule is Cc1ccc(C(C)C)cc1-c1c2ccc(C(C)(C)C)cc2cc(C)[n+]1C. The van der Waals surface area contributed by atoms with E-state index in [1.54, 1.807) is 0 Å². The maximum absolute atomic E-state index is 2.38. The summed E-state index contributed by atoms with van der Waals surface area (Å²) in [6.07, 6.45) is 0. The zero-order valence-electron chi connectivity index (χ0n) is 17.6. The minimum atomic E-state index is 0.160. The second-order valence-electron chi connectivity index (χ2n) is 8.97. The fraction of sp³-hybridized carbons (Fsp3) is 0.400. The van der Waals surface area contributed by atoms with Gasteiger partial charge >= 0.3 is 0 Å². The Kier molecular flexibility index (Phi) is 4.69. The van der Waals surface area contributed by atoms with Gasteiger partial charge in [0.2, 0.25) is 5.69 Å². The lowest BCUT2D eigenvalue weighted by atomic mass is 9.85. The van der Waals surface area contributed by atoms with Crippen LogP contribution in [0.25, 0.3) is 22.0 Å². The van der Waals surface area contributed by atoms with Crippen LogP contribution in [0, 0.1) is 13.8 Å². The Morgan fingerprint density at radius 1 is 0.885 bits per heavy atom. The average molecular weight is 347 g/mol. The zero-order chi connectivity index (χ0) is 19.2. The summed E-state index contributed by atoms with van der Waals surface area (Å²) in [7, 11) is 2.18. The minimum absolute atomic E-state index is 0.160. The summed E-state index contributed by atoms with van der Waals surface area (Å²) in [6.45, 7) is 15.8. The van der Waals surface area contributed by atoms with Crippen LogP contribution in [-0.4, -0.2) is 0 Å². The molecule has 0 atom stereocenters. The van der Waals surface area contributed by atoms with Gasteiger partial charge in [-0.3, -0.25) is 0 Å². The van der Waals surface area contributed by atoms with Crippen molar-refractivity contribution in [2.24, 2.45) is 7.05 Å². The lowest BCUT2D eigenvalue weighted by Gasteiger charge is -2.20. The molecule has 0 aliphatic carbocycles. The number of pyridine rings is 1. The van der Waals surface area contributed by atoms with Crippen molar-refractivity contribution < 1.29 is 4.57 Å². The van der Waals surface area contributed by atoms with Crippen molar-refractivity contribution in [1.29, 1.82) is 0 Å². The molecule has 0 unspecified atom stereocenters. The van der Waals surface area contributed by atoms with Crippen molar-refractivity contribution in [2.75, 3.05) is 0 Å². The first-order chi connectivity index (χ1) is 12.1. The third kappa shape index (κ3) is 3.28. The van der Waals surface area contributed by atoms with E-state index < -0.39 is 0 Å². The van der Waals surface area contributed by atoms with Crippen LogP contribution in [-0.2, 0) is 12.5 Å². The minimum Gasteiger partial charge on any atom is -0.198 e. The molecule has 0 N–H and O–H groups in total. The summed E-state index contributed by atoms with van der Waals surface area (Å²) in [5.41, 5.74) is 8.22. The first-order valence-electron chi connectivity index (χ1n) is 9.64. The Morgan fingerprint density at radius 3 is 2.19 bits per heavy atom. The van der Waals surface area contributed by atoms with Crippen LogP contribution in [0.2, 0.25) is 0 Å². The van der Waals surface area contributed by atoms with Gasteiger partial charge in [-0.25, -0.2) is 0 Å². The van der Waals surface area contributed by atoms with E-state index >= 15 is 0 Å². The van der Waals surface area contributed by atoms with Crippen molar-refractivity contribution in [3.63, 3.8) is 0 Å². The van der Waals surface area contributed by atoms with E-state index in [1.807, 2.05) is 0 Å². The molecule has 0 fully saturated rings. The summed E-state index contributed by atoms with van der Waals surface area (Å²) in [4.78, 5) is 0. The van der Waals surface area contributed by atoms with Gasteiger partial charge in [-0.05, 0) is 52.5 Å². The number of hydrogen-bond acceptors (Lipinski definition) is 0. The quantitative estimate of drug-likeness (QED) is 0.475. The Labute approximate surface area is 158 Å². The van der Waals surface area contributed by atoms with Gasteiger partial charge in [0.15, 0.2) is 5.69 Å². The van der Waals surface area contributed by atoms with E-state index in [4.69, 9.17) is 0 Å². The Balaban J connectivity index is 2.36. The molecule has 0 aliphatic rings. The van der Waals surface area contributed by atoms with Gasteiger partial charge in [-0.15, -0.1) is 0 Å². The highest BCUT2D eigenvalue weighted by Gasteiger charge is 2.22. The van der Waals surface area contributed by atoms with Crippen molar-refractivity contribution in [3.8, 4) is 11.3 Å². The molecule has 136 valence electrons. The molecule has 0 bridgehead atoms. The average Bonchev–Trinajstić information content (AvgIpc) is 2.55. The predicted octanol–water partition coefficient (Wildman–Crippen LogP) is 6.37. The van der Waals surface area contributed by atoms with Crippen LogP contribution in [0.5, 0.6) is 0 Å². The van der Waals surface area contributed by atoms with Gasteiger partial charge in [0.05, 0.1) is 5.39 Å². The standard InChI is InChI=1S/C25H32N/c1-16(2)19-10-9-17(3)23(15-19)24-22-12-11-21(25(5,6)7)14-20(22)13-18(4)26(24)8/h9-16H,1-8H3/q+1. The fourth-order valence-electron chi connectivity index (χ4n) is 3.62. The number of hydrogen-bond donors (Lipinski definition) is 0. The highest BCUT2D eigenvalue weighted by molar-refractivity contribution is 5.94. The summed E-state index contributed by atoms with van der Waals surface area (Å²) in [5, 5.41) is 2.66. The summed E-state index contributed by atoms with van der Waals surface area (Å²) in [6, 6.07) is 16.2. The third-order valence-corrected chi connectivity index (χ3v) is 5.58. The van der Waals surface area contributed by atoms with Gasteiger partial charge in [0.25, 0.3) is 0 Å². The summed E-state index contributed by atoms with van der Waals surface area (Å²) < 4.78 is 2.34. The van der Waals surface area contributed by atoms with Gasteiger partial charge in [-0.1, -0.05) is 58.9 Å². The molecule has 0 aliphatic heterocycles. The van der Waals surface area contributed by atoms with Crippen LogP contribution < -0.4 is 4.57 Å². The van der Waals surface area contributed by atoms with Crippen molar-refractivity contribution >= 4 is 10.8 Å². The molecule has 3 rings (SSSR count). The molecule has 1 heteroatoms. The fourth-order valence-corrected chi connectivity index (χ4v) is 3.62. The second kappa shape index (κ2) is 6.54. The number of fused-ring (bicyclic) bond motifs is 1. The number of nitrogens with zero attached hydrogens (tertiary/aromatic N) is 1. The van der Waals surface area contributed by atoms with Crippen LogP contribution >= 0.6 is 0 Å². The Hall–Kier alpha value is -2.15. The third-order valence-electron chi connectivity index (χ3n) is 5.58. The molecule has 1 nitrogen and oxygen atoms in total. The molecule has 1 aromatic heterocycles. The van der Waals surface area contributed by atoms with Gasteiger partial charge in [0, 0.05) is 18.6 Å². The molecule has 0 spiro atoms. The normalized spacial score (nSPS) is 12.2. The van der Waals surface area contributed by atoms with Gasteiger partial charge in [-0.2, -0.15) is 4.57 Å². The Morgan fingerprint density at radius 2 is 1.58 bits per heavy atom. The van der Waals surface area contributed by atoms with E-state index in [0.717, 1.165) is 0 Å². The topological polar surface area (TPSA) is 3.88 Å². The molecular formula is C25H32N+. The lowest BCUT2D eigenvalue weighted by molar-refractivity contribution is -0.665. The molecule has 2 aromatic carbocycles. The van der Waals surface area contributed by atoms with Gasteiger partial charge in [0.1, 0.15) is 7.05 Å². The first kappa shape index (κ1) is 18.6. The second-order valence-corrected chi connectivity index (χ2v) is 8.97. The lowest BCUT2D eigenvalue weighted by Crippen LogP contribution is -2.35. The maximum atomic E-state index is 2.38. The monoisotopic (exact) mass is 346 g/mol. The van der Waals surface area contributed by atoms with Gasteiger partial charge < -0.3 is 0 Å². The number of benzene rings is 2.